The van der Waals surface area contributed by atoms with E-state index in [0.717, 1.165) is 12.3 Å². The SMILES string of the molecule is C1=CC(CN2CCSCC2)=[N+]N1. The lowest BCUT2D eigenvalue weighted by Crippen LogP contribution is -2.37. The second-order valence-electron chi connectivity index (χ2n) is 2.95. The lowest BCUT2D eigenvalue weighted by molar-refractivity contribution is 0.345. The molecule has 4 heteroatoms. The monoisotopic (exact) mass is 183 g/mol. The van der Waals surface area contributed by atoms with Gasteiger partial charge in [-0.3, -0.25) is 4.90 Å². The molecule has 2 heterocycles. The first-order valence-corrected chi connectivity index (χ1v) is 5.39. The fraction of sp³-hybridized carbons (Fsp3) is 0.625. The molecule has 0 amide bonds. The molecule has 1 saturated heterocycles. The first kappa shape index (κ1) is 8.13. The summed E-state index contributed by atoms with van der Waals surface area (Å²) in [5.74, 6) is 2.54. The van der Waals surface area contributed by atoms with Gasteiger partial charge in [0.1, 0.15) is 0 Å². The smallest absolute Gasteiger partial charge is 0.292 e. The molecule has 0 unspecified atom stereocenters. The topological polar surface area (TPSA) is 29.4 Å². The van der Waals surface area contributed by atoms with Crippen LogP contribution >= 0.6 is 11.8 Å². The van der Waals surface area contributed by atoms with Crippen LogP contribution in [0.25, 0.3) is 0 Å². The van der Waals surface area contributed by atoms with Gasteiger partial charge in [-0.1, -0.05) is 0 Å². The standard InChI is InChI=1S/C8H13N3S/c1-2-9-10-8(1)7-11-3-5-12-6-4-11/h1-2,9H,3-7H2/q+1. The fourth-order valence-electron chi connectivity index (χ4n) is 1.37. The zero-order valence-corrected chi connectivity index (χ0v) is 7.81. The van der Waals surface area contributed by atoms with Crippen molar-refractivity contribution in [3.8, 4) is 0 Å². The number of hydrogen-bond donors (Lipinski definition) is 1. The first-order valence-electron chi connectivity index (χ1n) is 4.24. The summed E-state index contributed by atoms with van der Waals surface area (Å²) < 4.78 is 0. The average Bonchev–Trinajstić information content (AvgIpc) is 2.59. The minimum absolute atomic E-state index is 1.00. The van der Waals surface area contributed by atoms with Crippen molar-refractivity contribution >= 4 is 17.5 Å². The van der Waals surface area contributed by atoms with Crippen molar-refractivity contribution < 1.29 is 0 Å². The molecule has 1 radical (unpaired) electrons. The van der Waals surface area contributed by atoms with Crippen LogP contribution in [0.2, 0.25) is 0 Å². The van der Waals surface area contributed by atoms with Crippen LogP contribution in [0.5, 0.6) is 0 Å². The summed E-state index contributed by atoms with van der Waals surface area (Å²) in [5.41, 5.74) is 3.99. The average molecular weight is 183 g/mol. The van der Waals surface area contributed by atoms with Gasteiger partial charge in [-0.2, -0.15) is 11.8 Å². The van der Waals surface area contributed by atoms with Gasteiger partial charge in [0.05, 0.1) is 12.7 Å². The number of hydrazone groups is 1. The minimum Gasteiger partial charge on any atom is -0.292 e. The van der Waals surface area contributed by atoms with Crippen molar-refractivity contribution in [1.29, 1.82) is 0 Å². The van der Waals surface area contributed by atoms with Gasteiger partial charge in [0, 0.05) is 30.7 Å². The molecule has 0 atom stereocenters. The Bertz CT molecular complexity index is 206. The Hall–Kier alpha value is -0.480. The molecule has 2 rings (SSSR count). The third-order valence-electron chi connectivity index (χ3n) is 2.05. The van der Waals surface area contributed by atoms with E-state index in [4.69, 9.17) is 0 Å². The second kappa shape index (κ2) is 3.96. The van der Waals surface area contributed by atoms with Gasteiger partial charge < -0.3 is 0 Å². The van der Waals surface area contributed by atoms with E-state index in [1.54, 1.807) is 0 Å². The van der Waals surface area contributed by atoms with Gasteiger partial charge >= 0.3 is 5.71 Å². The van der Waals surface area contributed by atoms with Crippen molar-refractivity contribution in [2.24, 2.45) is 0 Å². The fourth-order valence-corrected chi connectivity index (χ4v) is 2.35. The summed E-state index contributed by atoms with van der Waals surface area (Å²) in [6.45, 7) is 3.42. The van der Waals surface area contributed by atoms with Crippen molar-refractivity contribution in [1.82, 2.24) is 15.4 Å². The van der Waals surface area contributed by atoms with Crippen molar-refractivity contribution in [3.05, 3.63) is 12.3 Å². The van der Waals surface area contributed by atoms with Crippen LogP contribution in [0.3, 0.4) is 0 Å². The number of rotatable bonds is 2. The summed E-state index contributed by atoms with van der Waals surface area (Å²) in [5, 5.41) is 4.14. The van der Waals surface area contributed by atoms with E-state index < -0.39 is 0 Å². The van der Waals surface area contributed by atoms with E-state index in [-0.39, 0.29) is 0 Å². The van der Waals surface area contributed by atoms with Crippen LogP contribution in [0, 0.1) is 0 Å². The van der Waals surface area contributed by atoms with E-state index in [1.165, 1.54) is 24.6 Å². The summed E-state index contributed by atoms with van der Waals surface area (Å²) >= 11 is 2.04. The molecule has 1 fully saturated rings. The van der Waals surface area contributed by atoms with Crippen LogP contribution in [0.1, 0.15) is 0 Å². The van der Waals surface area contributed by atoms with Gasteiger partial charge in [0.25, 0.3) is 0 Å². The zero-order chi connectivity index (χ0) is 8.23. The molecule has 0 aromatic rings. The normalized spacial score (nSPS) is 23.8. The molecular weight excluding hydrogens is 170 g/mol. The number of nitrogens with one attached hydrogen (secondary N) is 1. The van der Waals surface area contributed by atoms with Crippen LogP contribution in [-0.4, -0.2) is 41.8 Å². The Balaban J connectivity index is 1.81. The highest BCUT2D eigenvalue weighted by molar-refractivity contribution is 7.99. The number of thioether (sulfide) groups is 1. The summed E-state index contributed by atoms with van der Waals surface area (Å²) in [4.78, 5) is 2.45. The van der Waals surface area contributed by atoms with E-state index in [2.05, 4.69) is 15.4 Å². The molecule has 0 saturated carbocycles. The van der Waals surface area contributed by atoms with Gasteiger partial charge in [-0.25, -0.2) is 0 Å². The maximum Gasteiger partial charge on any atom is 0.302 e. The maximum atomic E-state index is 4.14. The van der Waals surface area contributed by atoms with Gasteiger partial charge in [-0.05, 0) is 0 Å². The van der Waals surface area contributed by atoms with Crippen molar-refractivity contribution in [3.63, 3.8) is 0 Å². The predicted molar refractivity (Wildman–Crippen MR) is 53.2 cm³/mol. The van der Waals surface area contributed by atoms with Crippen molar-refractivity contribution in [2.45, 2.75) is 0 Å². The predicted octanol–water partition coefficient (Wildman–Crippen LogP) is -0.156. The van der Waals surface area contributed by atoms with Gasteiger partial charge in [0.2, 0.25) is 0 Å². The highest BCUT2D eigenvalue weighted by atomic mass is 32.2. The Morgan fingerprint density at radius 3 is 3.00 bits per heavy atom. The molecule has 0 bridgehead atoms. The molecule has 12 heavy (non-hydrogen) atoms. The van der Waals surface area contributed by atoms with Gasteiger partial charge in [0.15, 0.2) is 5.10 Å². The second-order valence-corrected chi connectivity index (χ2v) is 4.18. The Morgan fingerprint density at radius 1 is 1.50 bits per heavy atom. The molecule has 0 aromatic carbocycles. The number of hydrogen-bond acceptors (Lipinski definition) is 4. The zero-order valence-electron chi connectivity index (χ0n) is 6.99. The largest absolute Gasteiger partial charge is 0.302 e. The molecule has 1 N–H and O–H groups in total. The van der Waals surface area contributed by atoms with E-state index in [9.17, 15) is 0 Å². The van der Waals surface area contributed by atoms with E-state index in [1.807, 2.05) is 24.0 Å². The molecule has 65 valence electrons. The Morgan fingerprint density at radius 2 is 2.33 bits per heavy atom. The van der Waals surface area contributed by atoms with Crippen LogP contribution in [0.4, 0.5) is 0 Å². The molecule has 0 spiro atoms. The lowest BCUT2D eigenvalue weighted by Gasteiger charge is -2.23. The van der Waals surface area contributed by atoms with Crippen molar-refractivity contribution in [2.75, 3.05) is 31.1 Å². The summed E-state index contributed by atoms with van der Waals surface area (Å²) in [6, 6.07) is 0. The molecular formula is C8H13N3S+. The van der Waals surface area contributed by atoms with E-state index in [0.29, 0.717) is 0 Å². The third kappa shape index (κ3) is 2.01. The quantitative estimate of drug-likeness (QED) is 0.645. The first-order chi connectivity index (χ1) is 5.95. The highest BCUT2D eigenvalue weighted by Gasteiger charge is 2.19. The molecule has 2 aliphatic heterocycles. The van der Waals surface area contributed by atoms with Crippen LogP contribution in [0.15, 0.2) is 12.3 Å². The minimum atomic E-state index is 1.00. The third-order valence-corrected chi connectivity index (χ3v) is 2.99. The molecule has 2 aliphatic rings. The Labute approximate surface area is 76.9 Å². The molecule has 0 aliphatic carbocycles. The van der Waals surface area contributed by atoms with Crippen LogP contribution < -0.4 is 10.5 Å². The molecule has 3 nitrogen and oxygen atoms in total. The van der Waals surface area contributed by atoms with Crippen LogP contribution in [-0.2, 0) is 0 Å². The number of nitrogens with zero attached hydrogens (tertiary/aromatic N) is 2. The summed E-state index contributed by atoms with van der Waals surface area (Å²) in [6.07, 6.45) is 3.93. The lowest BCUT2D eigenvalue weighted by atomic mass is 10.3. The molecule has 0 aromatic heterocycles. The Kier molecular flexibility index (Phi) is 2.68. The highest BCUT2D eigenvalue weighted by Crippen LogP contribution is 2.08. The summed E-state index contributed by atoms with van der Waals surface area (Å²) in [7, 11) is 0. The maximum absolute atomic E-state index is 4.14. The van der Waals surface area contributed by atoms with E-state index >= 15 is 0 Å². The van der Waals surface area contributed by atoms with Gasteiger partial charge in [-0.15, -0.1) is 5.43 Å².